The maximum atomic E-state index is 13.1. The van der Waals surface area contributed by atoms with E-state index >= 15 is 0 Å². The lowest BCUT2D eigenvalue weighted by atomic mass is 10.1. The number of carbonyl (C=O) groups excluding carboxylic acids is 2. The van der Waals surface area contributed by atoms with Gasteiger partial charge < -0.3 is 9.47 Å². The van der Waals surface area contributed by atoms with Gasteiger partial charge in [0, 0.05) is 6.07 Å². The smallest absolute Gasteiger partial charge is 0.344 e. The first-order valence-corrected chi connectivity index (χ1v) is 6.35. The van der Waals surface area contributed by atoms with E-state index in [1.54, 1.807) is 19.1 Å². The van der Waals surface area contributed by atoms with Crippen LogP contribution in [0.25, 0.3) is 0 Å². The maximum Gasteiger partial charge on any atom is 0.344 e. The molecular formula is C16H13FO4. The van der Waals surface area contributed by atoms with Crippen LogP contribution in [0, 0.1) is 5.82 Å². The summed E-state index contributed by atoms with van der Waals surface area (Å²) < 4.78 is 23.0. The van der Waals surface area contributed by atoms with Crippen LogP contribution in [0.1, 0.15) is 27.6 Å². The molecule has 2 aromatic carbocycles. The summed E-state index contributed by atoms with van der Waals surface area (Å²) in [6.45, 7) is 1.87. The molecule has 0 spiro atoms. The van der Waals surface area contributed by atoms with Gasteiger partial charge in [-0.2, -0.15) is 0 Å². The van der Waals surface area contributed by atoms with E-state index in [0.717, 1.165) is 6.07 Å². The molecule has 0 N–H and O–H groups in total. The van der Waals surface area contributed by atoms with Crippen LogP contribution in [0.4, 0.5) is 4.39 Å². The van der Waals surface area contributed by atoms with Crippen molar-refractivity contribution in [2.24, 2.45) is 0 Å². The topological polar surface area (TPSA) is 52.6 Å². The summed E-state index contributed by atoms with van der Waals surface area (Å²) in [6, 6.07) is 11.3. The molecule has 0 amide bonds. The third-order valence-electron chi connectivity index (χ3n) is 2.65. The minimum absolute atomic E-state index is 0.0682. The van der Waals surface area contributed by atoms with Gasteiger partial charge in [0.25, 0.3) is 0 Å². The van der Waals surface area contributed by atoms with Crippen molar-refractivity contribution in [2.45, 2.75) is 6.92 Å². The Morgan fingerprint density at radius 1 is 1.00 bits per heavy atom. The van der Waals surface area contributed by atoms with Crippen LogP contribution in [-0.2, 0) is 4.74 Å². The molecule has 0 saturated carbocycles. The molecule has 0 saturated heterocycles. The van der Waals surface area contributed by atoms with Crippen LogP contribution in [0.2, 0.25) is 0 Å². The summed E-state index contributed by atoms with van der Waals surface area (Å²) in [6.07, 6.45) is 0. The van der Waals surface area contributed by atoms with Crippen LogP contribution in [-0.4, -0.2) is 18.5 Å². The maximum absolute atomic E-state index is 13.1. The van der Waals surface area contributed by atoms with E-state index in [2.05, 4.69) is 0 Å². The minimum Gasteiger partial charge on any atom is -0.462 e. The third kappa shape index (κ3) is 3.66. The second-order valence-electron chi connectivity index (χ2n) is 4.11. The second kappa shape index (κ2) is 6.65. The summed E-state index contributed by atoms with van der Waals surface area (Å²) in [5, 5.41) is 0. The van der Waals surface area contributed by atoms with Crippen LogP contribution in [0.5, 0.6) is 5.75 Å². The molecule has 21 heavy (non-hydrogen) atoms. The van der Waals surface area contributed by atoms with Crippen LogP contribution < -0.4 is 4.74 Å². The summed E-state index contributed by atoms with van der Waals surface area (Å²) in [4.78, 5) is 23.9. The predicted molar refractivity (Wildman–Crippen MR) is 73.8 cm³/mol. The Morgan fingerprint density at radius 3 is 2.29 bits per heavy atom. The van der Waals surface area contributed by atoms with E-state index < -0.39 is 17.8 Å². The average molecular weight is 288 g/mol. The zero-order valence-corrected chi connectivity index (χ0v) is 11.3. The molecule has 0 aliphatic rings. The Balaban J connectivity index is 2.25. The van der Waals surface area contributed by atoms with Crippen LogP contribution >= 0.6 is 0 Å². The lowest BCUT2D eigenvalue weighted by Crippen LogP contribution is -2.15. The molecule has 5 heteroatoms. The van der Waals surface area contributed by atoms with Gasteiger partial charge in [0.1, 0.15) is 11.6 Å². The number of carbonyl (C=O) groups is 2. The molecule has 2 aromatic rings. The van der Waals surface area contributed by atoms with Crippen molar-refractivity contribution >= 4 is 11.9 Å². The van der Waals surface area contributed by atoms with Gasteiger partial charge in [0.15, 0.2) is 0 Å². The quantitative estimate of drug-likeness (QED) is 0.640. The van der Waals surface area contributed by atoms with Crippen LogP contribution in [0.3, 0.4) is 0 Å². The fourth-order valence-corrected chi connectivity index (χ4v) is 1.74. The van der Waals surface area contributed by atoms with Crippen molar-refractivity contribution in [3.63, 3.8) is 0 Å². The number of halogens is 1. The zero-order valence-electron chi connectivity index (χ0n) is 11.3. The summed E-state index contributed by atoms with van der Waals surface area (Å²) in [5.74, 6) is -1.80. The highest BCUT2D eigenvalue weighted by atomic mass is 19.1. The first-order chi connectivity index (χ1) is 10.1. The fraction of sp³-hybridized carbons (Fsp3) is 0.125. The van der Waals surface area contributed by atoms with Gasteiger partial charge in [-0.15, -0.1) is 0 Å². The molecule has 0 radical (unpaired) electrons. The minimum atomic E-state index is -0.746. The average Bonchev–Trinajstić information content (AvgIpc) is 2.47. The summed E-state index contributed by atoms with van der Waals surface area (Å²) in [5.41, 5.74) is 0.181. The molecule has 108 valence electrons. The number of rotatable bonds is 4. The number of hydrogen-bond donors (Lipinski definition) is 0. The highest BCUT2D eigenvalue weighted by Crippen LogP contribution is 2.17. The lowest BCUT2D eigenvalue weighted by molar-refractivity contribution is 0.0517. The molecule has 0 aliphatic heterocycles. The standard InChI is InChI=1S/C16H13FO4/c1-2-20-15(18)13-8-3-4-9-14(13)16(19)21-12-7-5-6-11(17)10-12/h3-10H,2H2,1H3. The Hall–Kier alpha value is -2.69. The molecule has 2 rings (SSSR count). The zero-order chi connectivity index (χ0) is 15.2. The van der Waals surface area contributed by atoms with Crippen molar-refractivity contribution in [1.82, 2.24) is 0 Å². The predicted octanol–water partition coefficient (Wildman–Crippen LogP) is 3.22. The Labute approximate surface area is 121 Å². The monoisotopic (exact) mass is 288 g/mol. The summed E-state index contributed by atoms with van der Waals surface area (Å²) in [7, 11) is 0. The lowest BCUT2D eigenvalue weighted by Gasteiger charge is -2.08. The molecule has 4 nitrogen and oxygen atoms in total. The molecule has 0 aromatic heterocycles. The van der Waals surface area contributed by atoms with Gasteiger partial charge in [-0.3, -0.25) is 0 Å². The normalized spacial score (nSPS) is 10.0. The van der Waals surface area contributed by atoms with E-state index in [9.17, 15) is 14.0 Å². The first kappa shape index (κ1) is 14.7. The SMILES string of the molecule is CCOC(=O)c1ccccc1C(=O)Oc1cccc(F)c1. The first-order valence-electron chi connectivity index (χ1n) is 6.35. The highest BCUT2D eigenvalue weighted by Gasteiger charge is 2.19. The van der Waals surface area contributed by atoms with Crippen molar-refractivity contribution in [2.75, 3.05) is 6.61 Å². The van der Waals surface area contributed by atoms with Gasteiger partial charge in [0.2, 0.25) is 0 Å². The molecular weight excluding hydrogens is 275 g/mol. The number of hydrogen-bond acceptors (Lipinski definition) is 4. The van der Waals surface area contributed by atoms with E-state index in [-0.39, 0.29) is 23.5 Å². The molecule has 0 atom stereocenters. The molecule has 0 heterocycles. The summed E-state index contributed by atoms with van der Waals surface area (Å²) >= 11 is 0. The van der Waals surface area contributed by atoms with Crippen molar-refractivity contribution in [3.8, 4) is 5.75 Å². The molecule has 0 bridgehead atoms. The van der Waals surface area contributed by atoms with Gasteiger partial charge >= 0.3 is 11.9 Å². The van der Waals surface area contributed by atoms with Gasteiger partial charge in [-0.1, -0.05) is 18.2 Å². The second-order valence-corrected chi connectivity index (χ2v) is 4.11. The fourth-order valence-electron chi connectivity index (χ4n) is 1.74. The molecule has 0 fully saturated rings. The van der Waals surface area contributed by atoms with Gasteiger partial charge in [-0.05, 0) is 31.2 Å². The van der Waals surface area contributed by atoms with E-state index in [0.29, 0.717) is 0 Å². The third-order valence-corrected chi connectivity index (χ3v) is 2.65. The number of esters is 2. The highest BCUT2D eigenvalue weighted by molar-refractivity contribution is 6.03. The van der Waals surface area contributed by atoms with E-state index in [1.807, 2.05) is 0 Å². The van der Waals surface area contributed by atoms with E-state index in [4.69, 9.17) is 9.47 Å². The number of benzene rings is 2. The van der Waals surface area contributed by atoms with Crippen molar-refractivity contribution in [3.05, 3.63) is 65.5 Å². The van der Waals surface area contributed by atoms with Gasteiger partial charge in [-0.25, -0.2) is 14.0 Å². The Morgan fingerprint density at radius 2 is 1.67 bits per heavy atom. The largest absolute Gasteiger partial charge is 0.462 e. The Bertz CT molecular complexity index is 667. The van der Waals surface area contributed by atoms with Gasteiger partial charge in [0.05, 0.1) is 17.7 Å². The molecule has 0 aliphatic carbocycles. The molecule has 0 unspecified atom stereocenters. The van der Waals surface area contributed by atoms with Crippen molar-refractivity contribution in [1.29, 1.82) is 0 Å². The number of ether oxygens (including phenoxy) is 2. The Kier molecular flexibility index (Phi) is 4.66. The van der Waals surface area contributed by atoms with E-state index in [1.165, 1.54) is 30.3 Å². The van der Waals surface area contributed by atoms with Crippen molar-refractivity contribution < 1.29 is 23.5 Å². The van der Waals surface area contributed by atoms with Crippen LogP contribution in [0.15, 0.2) is 48.5 Å².